The zero-order valence-electron chi connectivity index (χ0n) is 9.48. The molecule has 0 bridgehead atoms. The molecule has 1 unspecified atom stereocenters. The molecular weight excluding hydrogens is 218 g/mol. The van der Waals surface area contributed by atoms with E-state index in [2.05, 4.69) is 5.32 Å². The van der Waals surface area contributed by atoms with Crippen LogP contribution < -0.4 is 16.0 Å². The first-order valence-corrected chi connectivity index (χ1v) is 5.73. The molecule has 2 aliphatic heterocycles. The summed E-state index contributed by atoms with van der Waals surface area (Å²) in [7, 11) is 0. The van der Waals surface area contributed by atoms with Crippen LogP contribution in [0.1, 0.15) is 6.42 Å². The van der Waals surface area contributed by atoms with Crippen LogP contribution in [0, 0.1) is 0 Å². The van der Waals surface area contributed by atoms with E-state index < -0.39 is 0 Å². The largest absolute Gasteiger partial charge is 0.399 e. The van der Waals surface area contributed by atoms with E-state index in [-0.39, 0.29) is 11.6 Å². The Labute approximate surface area is 99.5 Å². The van der Waals surface area contributed by atoms with Crippen molar-refractivity contribution in [2.75, 3.05) is 30.4 Å². The molecule has 3 N–H and O–H groups in total. The molecule has 0 radical (unpaired) electrons. The molecule has 2 amide bonds. The Hall–Kier alpha value is -1.75. The monoisotopic (exact) mass is 233 g/mol. The number of nitrogens with zero attached hydrogens (tertiary/aromatic N) is 1. The number of hydrogen-bond acceptors (Lipinski definition) is 3. The number of rotatable bonds is 1. The number of nitrogens with two attached hydrogens (primary N) is 1. The fraction of sp³-hybridized carbons (Fsp3) is 0.417. The minimum absolute atomic E-state index is 0.0684. The van der Waals surface area contributed by atoms with Gasteiger partial charge in [0.05, 0.1) is 12.1 Å². The molecule has 1 aromatic carbocycles. The van der Waals surface area contributed by atoms with Gasteiger partial charge in [0.2, 0.25) is 0 Å². The number of carbonyl (C=O) groups excluding carboxylic acids is 1. The highest BCUT2D eigenvalue weighted by molar-refractivity contribution is 5.96. The SMILES string of the molecule is Nc1cccc(N2C(=O)NCC23CCOC3)c1. The third-order valence-electron chi connectivity index (χ3n) is 3.46. The first-order valence-electron chi connectivity index (χ1n) is 5.73. The number of ether oxygens (including phenoxy) is 1. The standard InChI is InChI=1S/C12H15N3O2/c13-9-2-1-3-10(6-9)15-11(16)14-7-12(15)4-5-17-8-12/h1-3,6H,4-5,7-8,13H2,(H,14,16). The van der Waals surface area contributed by atoms with Crippen molar-refractivity contribution < 1.29 is 9.53 Å². The second-order valence-electron chi connectivity index (χ2n) is 4.62. The maximum atomic E-state index is 12.0. The van der Waals surface area contributed by atoms with Crippen LogP contribution in [0.25, 0.3) is 0 Å². The van der Waals surface area contributed by atoms with Gasteiger partial charge in [-0.25, -0.2) is 4.79 Å². The van der Waals surface area contributed by atoms with Crippen molar-refractivity contribution in [1.29, 1.82) is 0 Å². The van der Waals surface area contributed by atoms with Gasteiger partial charge in [0.15, 0.2) is 0 Å². The molecule has 5 nitrogen and oxygen atoms in total. The molecule has 17 heavy (non-hydrogen) atoms. The van der Waals surface area contributed by atoms with E-state index in [4.69, 9.17) is 10.5 Å². The molecule has 0 aromatic heterocycles. The quantitative estimate of drug-likeness (QED) is 0.710. The van der Waals surface area contributed by atoms with Gasteiger partial charge in [-0.3, -0.25) is 4.90 Å². The summed E-state index contributed by atoms with van der Waals surface area (Å²) in [5.74, 6) is 0. The average Bonchev–Trinajstić information content (AvgIpc) is 2.88. The minimum atomic E-state index is -0.231. The van der Waals surface area contributed by atoms with Crippen molar-refractivity contribution in [3.8, 4) is 0 Å². The van der Waals surface area contributed by atoms with Gasteiger partial charge in [-0.05, 0) is 24.6 Å². The lowest BCUT2D eigenvalue weighted by molar-refractivity contribution is 0.181. The molecule has 0 saturated carbocycles. The topological polar surface area (TPSA) is 67.6 Å². The Morgan fingerprint density at radius 3 is 3.06 bits per heavy atom. The highest BCUT2D eigenvalue weighted by atomic mass is 16.5. The van der Waals surface area contributed by atoms with Crippen LogP contribution in [0.3, 0.4) is 0 Å². The predicted octanol–water partition coefficient (Wildman–Crippen LogP) is 0.957. The van der Waals surface area contributed by atoms with Crippen molar-refractivity contribution in [2.45, 2.75) is 12.0 Å². The number of hydrogen-bond donors (Lipinski definition) is 2. The number of benzene rings is 1. The molecule has 2 saturated heterocycles. The second kappa shape index (κ2) is 3.63. The van der Waals surface area contributed by atoms with Crippen molar-refractivity contribution in [1.82, 2.24) is 5.32 Å². The maximum absolute atomic E-state index is 12.0. The van der Waals surface area contributed by atoms with Gasteiger partial charge in [-0.1, -0.05) is 6.07 Å². The van der Waals surface area contributed by atoms with Gasteiger partial charge in [0.25, 0.3) is 0 Å². The summed E-state index contributed by atoms with van der Waals surface area (Å²) < 4.78 is 5.45. The molecule has 2 fully saturated rings. The van der Waals surface area contributed by atoms with Gasteiger partial charge < -0.3 is 15.8 Å². The maximum Gasteiger partial charge on any atom is 0.322 e. The Morgan fingerprint density at radius 2 is 2.35 bits per heavy atom. The van der Waals surface area contributed by atoms with E-state index >= 15 is 0 Å². The molecule has 1 aromatic rings. The number of nitrogen functional groups attached to an aromatic ring is 1. The molecule has 3 rings (SSSR count). The highest BCUT2D eigenvalue weighted by Crippen LogP contribution is 2.34. The Balaban J connectivity index is 2.01. The normalized spacial score (nSPS) is 27.8. The van der Waals surface area contributed by atoms with Gasteiger partial charge >= 0.3 is 6.03 Å². The average molecular weight is 233 g/mol. The van der Waals surface area contributed by atoms with Crippen molar-refractivity contribution in [2.24, 2.45) is 0 Å². The number of carbonyl (C=O) groups is 1. The van der Waals surface area contributed by atoms with Gasteiger partial charge in [0.1, 0.15) is 0 Å². The van der Waals surface area contributed by atoms with E-state index in [1.807, 2.05) is 24.3 Å². The summed E-state index contributed by atoms with van der Waals surface area (Å²) in [6.07, 6.45) is 0.862. The second-order valence-corrected chi connectivity index (χ2v) is 4.62. The summed E-state index contributed by atoms with van der Waals surface area (Å²) in [4.78, 5) is 13.8. The molecule has 2 aliphatic rings. The van der Waals surface area contributed by atoms with Crippen LogP contribution in [0.15, 0.2) is 24.3 Å². The first kappa shape index (κ1) is 10.4. The fourth-order valence-corrected chi connectivity index (χ4v) is 2.58. The summed E-state index contributed by atoms with van der Waals surface area (Å²) in [6, 6.07) is 7.34. The van der Waals surface area contributed by atoms with Crippen LogP contribution in [-0.4, -0.2) is 31.3 Å². The molecule has 1 spiro atoms. The predicted molar refractivity (Wildman–Crippen MR) is 64.9 cm³/mol. The van der Waals surface area contributed by atoms with Gasteiger partial charge in [-0.2, -0.15) is 0 Å². The lowest BCUT2D eigenvalue weighted by Gasteiger charge is -2.31. The van der Waals surface area contributed by atoms with E-state index in [9.17, 15) is 4.79 Å². The number of urea groups is 1. The molecule has 1 atom stereocenters. The lowest BCUT2D eigenvalue weighted by atomic mass is 9.97. The Kier molecular flexibility index (Phi) is 2.22. The molecule has 2 heterocycles. The third kappa shape index (κ3) is 1.54. The van der Waals surface area contributed by atoms with Crippen LogP contribution in [0.2, 0.25) is 0 Å². The first-order chi connectivity index (χ1) is 8.21. The molecule has 90 valence electrons. The van der Waals surface area contributed by atoms with Crippen LogP contribution in [0.4, 0.5) is 16.2 Å². The summed E-state index contributed by atoms with van der Waals surface area (Å²) in [5, 5.41) is 2.89. The van der Waals surface area contributed by atoms with E-state index in [1.54, 1.807) is 4.90 Å². The zero-order valence-corrected chi connectivity index (χ0v) is 9.48. The van der Waals surface area contributed by atoms with Gasteiger partial charge in [-0.15, -0.1) is 0 Å². The summed E-state index contributed by atoms with van der Waals surface area (Å²) >= 11 is 0. The molecule has 5 heteroatoms. The zero-order chi connectivity index (χ0) is 11.9. The van der Waals surface area contributed by atoms with Crippen molar-refractivity contribution >= 4 is 17.4 Å². The number of nitrogens with one attached hydrogen (secondary N) is 1. The fourth-order valence-electron chi connectivity index (χ4n) is 2.58. The lowest BCUT2D eigenvalue weighted by Crippen LogP contribution is -2.48. The van der Waals surface area contributed by atoms with E-state index in [1.165, 1.54) is 0 Å². The Bertz CT molecular complexity index is 455. The van der Waals surface area contributed by atoms with Crippen molar-refractivity contribution in [3.63, 3.8) is 0 Å². The Morgan fingerprint density at radius 1 is 1.47 bits per heavy atom. The molecular formula is C12H15N3O2. The van der Waals surface area contributed by atoms with Crippen LogP contribution in [-0.2, 0) is 4.74 Å². The van der Waals surface area contributed by atoms with Crippen LogP contribution >= 0.6 is 0 Å². The minimum Gasteiger partial charge on any atom is -0.399 e. The van der Waals surface area contributed by atoms with Crippen LogP contribution in [0.5, 0.6) is 0 Å². The number of anilines is 2. The smallest absolute Gasteiger partial charge is 0.322 e. The van der Waals surface area contributed by atoms with E-state index in [0.717, 1.165) is 12.1 Å². The van der Waals surface area contributed by atoms with Crippen molar-refractivity contribution in [3.05, 3.63) is 24.3 Å². The van der Waals surface area contributed by atoms with Gasteiger partial charge in [0, 0.05) is 24.5 Å². The third-order valence-corrected chi connectivity index (χ3v) is 3.46. The summed E-state index contributed by atoms with van der Waals surface area (Å²) in [6.45, 7) is 1.93. The molecule has 0 aliphatic carbocycles. The highest BCUT2D eigenvalue weighted by Gasteiger charge is 2.48. The number of amides is 2. The van der Waals surface area contributed by atoms with E-state index in [0.29, 0.717) is 25.4 Å². The summed E-state index contributed by atoms with van der Waals surface area (Å²) in [5.41, 5.74) is 7.04.